The lowest BCUT2D eigenvalue weighted by molar-refractivity contribution is 0.780. The number of H-pyrrole nitrogens is 1. The van der Waals surface area contributed by atoms with E-state index in [1.165, 1.54) is 6.07 Å². The Morgan fingerprint density at radius 3 is 2.86 bits per heavy atom. The van der Waals surface area contributed by atoms with Crippen molar-refractivity contribution in [1.29, 1.82) is 0 Å². The molecule has 1 N–H and O–H groups in total. The van der Waals surface area contributed by atoms with E-state index in [9.17, 15) is 4.79 Å². The van der Waals surface area contributed by atoms with Gasteiger partial charge in [-0.1, -0.05) is 13.8 Å². The predicted octanol–water partition coefficient (Wildman–Crippen LogP) is 1.44. The third-order valence-corrected chi connectivity index (χ3v) is 2.01. The van der Waals surface area contributed by atoms with Crippen molar-refractivity contribution in [3.63, 3.8) is 0 Å². The molecule has 4 heteroatoms. The molecular weight excluding hydrogens is 178 g/mol. The minimum atomic E-state index is -0.133. The van der Waals surface area contributed by atoms with Gasteiger partial charge in [0.2, 0.25) is 5.56 Å². The summed E-state index contributed by atoms with van der Waals surface area (Å²) in [7, 11) is 0. The summed E-state index contributed by atoms with van der Waals surface area (Å²) in [6, 6.07) is 3.19. The molecule has 0 aromatic carbocycles. The average Bonchev–Trinajstić information content (AvgIpc) is 2.16. The van der Waals surface area contributed by atoms with Crippen molar-refractivity contribution >= 4 is 11.0 Å². The summed E-state index contributed by atoms with van der Waals surface area (Å²) in [5.41, 5.74) is 0.474. The Kier molecular flexibility index (Phi) is 2.04. The van der Waals surface area contributed by atoms with E-state index in [0.717, 1.165) is 11.2 Å². The lowest BCUT2D eigenvalue weighted by Crippen LogP contribution is -2.06. The van der Waals surface area contributed by atoms with Gasteiger partial charge in [0, 0.05) is 23.6 Å². The number of fused-ring (bicyclic) bond motifs is 1. The zero-order valence-corrected chi connectivity index (χ0v) is 8.11. The van der Waals surface area contributed by atoms with Crippen LogP contribution in [0.25, 0.3) is 11.0 Å². The molecule has 2 aromatic rings. The van der Waals surface area contributed by atoms with Gasteiger partial charge in [0.25, 0.3) is 0 Å². The molecular formula is C10H11N3O. The molecule has 0 bridgehead atoms. The monoisotopic (exact) mass is 189 g/mol. The fourth-order valence-electron chi connectivity index (χ4n) is 1.23. The fourth-order valence-corrected chi connectivity index (χ4v) is 1.23. The molecule has 72 valence electrons. The van der Waals surface area contributed by atoms with Gasteiger partial charge in [-0.2, -0.15) is 0 Å². The predicted molar refractivity (Wildman–Crippen MR) is 54.2 cm³/mol. The van der Waals surface area contributed by atoms with Crippen molar-refractivity contribution in [3.05, 3.63) is 34.5 Å². The van der Waals surface area contributed by atoms with Crippen LogP contribution in [-0.2, 0) is 0 Å². The van der Waals surface area contributed by atoms with Crippen molar-refractivity contribution in [2.75, 3.05) is 0 Å². The first-order valence-corrected chi connectivity index (χ1v) is 4.53. The average molecular weight is 189 g/mol. The maximum Gasteiger partial charge on any atom is 0.249 e. The van der Waals surface area contributed by atoms with Crippen LogP contribution >= 0.6 is 0 Å². The fraction of sp³-hybridized carbons (Fsp3) is 0.300. The number of pyridine rings is 1. The third-order valence-electron chi connectivity index (χ3n) is 2.01. The van der Waals surface area contributed by atoms with Crippen LogP contribution in [0.15, 0.2) is 23.1 Å². The van der Waals surface area contributed by atoms with Crippen LogP contribution in [0.5, 0.6) is 0 Å². The molecule has 2 rings (SSSR count). The minimum Gasteiger partial charge on any atom is -0.306 e. The first kappa shape index (κ1) is 8.87. The second kappa shape index (κ2) is 3.21. The summed E-state index contributed by atoms with van der Waals surface area (Å²) in [5.74, 6) is 1.02. The zero-order valence-electron chi connectivity index (χ0n) is 8.11. The van der Waals surface area contributed by atoms with Gasteiger partial charge in [0.05, 0.1) is 0 Å². The molecule has 0 radical (unpaired) electrons. The topological polar surface area (TPSA) is 58.6 Å². The molecule has 0 saturated heterocycles. The van der Waals surface area contributed by atoms with E-state index in [1.807, 2.05) is 13.8 Å². The number of nitrogens with one attached hydrogen (secondary N) is 1. The Hall–Kier alpha value is -1.71. The Balaban J connectivity index is 2.69. The van der Waals surface area contributed by atoms with Crippen molar-refractivity contribution in [2.24, 2.45) is 0 Å². The van der Waals surface area contributed by atoms with Gasteiger partial charge < -0.3 is 4.98 Å². The van der Waals surface area contributed by atoms with E-state index < -0.39 is 0 Å². The van der Waals surface area contributed by atoms with E-state index in [-0.39, 0.29) is 11.5 Å². The number of hydrogen-bond acceptors (Lipinski definition) is 3. The van der Waals surface area contributed by atoms with Crippen LogP contribution < -0.4 is 5.56 Å². The van der Waals surface area contributed by atoms with Gasteiger partial charge in [0.1, 0.15) is 11.5 Å². The smallest absolute Gasteiger partial charge is 0.249 e. The second-order valence-corrected chi connectivity index (χ2v) is 3.51. The Labute approximate surface area is 81.0 Å². The molecule has 0 spiro atoms. The lowest BCUT2D eigenvalue weighted by Gasteiger charge is -2.03. The molecule has 0 amide bonds. The van der Waals surface area contributed by atoms with Crippen LogP contribution in [0.2, 0.25) is 0 Å². The van der Waals surface area contributed by atoms with Gasteiger partial charge >= 0.3 is 0 Å². The van der Waals surface area contributed by atoms with Gasteiger partial charge in [-0.15, -0.1) is 0 Å². The first-order valence-electron chi connectivity index (χ1n) is 4.53. The molecule has 0 unspecified atom stereocenters. The number of hydrogen-bond donors (Lipinski definition) is 1. The SMILES string of the molecule is CC(C)c1ncc2ccc(=O)[nH]c2n1. The molecule has 14 heavy (non-hydrogen) atoms. The summed E-state index contributed by atoms with van der Waals surface area (Å²) < 4.78 is 0. The highest BCUT2D eigenvalue weighted by atomic mass is 16.1. The van der Waals surface area contributed by atoms with E-state index in [0.29, 0.717) is 5.65 Å². The van der Waals surface area contributed by atoms with E-state index in [2.05, 4.69) is 15.0 Å². The van der Waals surface area contributed by atoms with Crippen LogP contribution in [0, 0.1) is 0 Å². The summed E-state index contributed by atoms with van der Waals surface area (Å²) >= 11 is 0. The lowest BCUT2D eigenvalue weighted by atomic mass is 10.2. The molecule has 0 aliphatic carbocycles. The molecule has 2 aromatic heterocycles. The number of aromatic nitrogens is 3. The van der Waals surface area contributed by atoms with Crippen LogP contribution in [0.1, 0.15) is 25.6 Å². The molecule has 0 aliphatic rings. The largest absolute Gasteiger partial charge is 0.306 e. The van der Waals surface area contributed by atoms with Crippen molar-refractivity contribution in [2.45, 2.75) is 19.8 Å². The number of rotatable bonds is 1. The quantitative estimate of drug-likeness (QED) is 0.738. The van der Waals surface area contributed by atoms with Crippen molar-refractivity contribution < 1.29 is 0 Å². The van der Waals surface area contributed by atoms with E-state index in [4.69, 9.17) is 0 Å². The zero-order chi connectivity index (χ0) is 10.1. The first-order chi connectivity index (χ1) is 6.66. The highest BCUT2D eigenvalue weighted by Crippen LogP contribution is 2.11. The molecule has 0 fully saturated rings. The van der Waals surface area contributed by atoms with E-state index >= 15 is 0 Å². The summed E-state index contributed by atoms with van der Waals surface area (Å²) in [5, 5.41) is 0.856. The minimum absolute atomic E-state index is 0.133. The van der Waals surface area contributed by atoms with Gasteiger partial charge in [-0.05, 0) is 6.07 Å². The standard InChI is InChI=1S/C10H11N3O/c1-6(2)9-11-5-7-3-4-8(14)12-10(7)13-9/h3-6H,1-2H3,(H,11,12,13,14). The molecule has 4 nitrogen and oxygen atoms in total. The maximum absolute atomic E-state index is 11.0. The normalized spacial score (nSPS) is 11.1. The second-order valence-electron chi connectivity index (χ2n) is 3.51. The third kappa shape index (κ3) is 1.51. The molecule has 0 aliphatic heterocycles. The van der Waals surface area contributed by atoms with Gasteiger partial charge in [-0.3, -0.25) is 4.79 Å². The van der Waals surface area contributed by atoms with Gasteiger partial charge in [0.15, 0.2) is 0 Å². The maximum atomic E-state index is 11.0. The Bertz CT molecular complexity index is 516. The highest BCUT2D eigenvalue weighted by Gasteiger charge is 2.03. The molecule has 0 saturated carbocycles. The number of nitrogens with zero attached hydrogens (tertiary/aromatic N) is 2. The summed E-state index contributed by atoms with van der Waals surface area (Å²) in [6.45, 7) is 4.03. The van der Waals surface area contributed by atoms with Crippen molar-refractivity contribution in [1.82, 2.24) is 15.0 Å². The highest BCUT2D eigenvalue weighted by molar-refractivity contribution is 5.72. The summed E-state index contributed by atoms with van der Waals surface area (Å²) in [6.07, 6.45) is 1.73. The van der Waals surface area contributed by atoms with E-state index in [1.54, 1.807) is 12.3 Å². The molecule has 2 heterocycles. The molecule has 0 atom stereocenters. The number of aromatic amines is 1. The van der Waals surface area contributed by atoms with Crippen LogP contribution in [-0.4, -0.2) is 15.0 Å². The Morgan fingerprint density at radius 1 is 1.36 bits per heavy atom. The summed E-state index contributed by atoms with van der Waals surface area (Å²) in [4.78, 5) is 22.2. The van der Waals surface area contributed by atoms with Crippen molar-refractivity contribution in [3.8, 4) is 0 Å². The van der Waals surface area contributed by atoms with Gasteiger partial charge in [-0.25, -0.2) is 9.97 Å². The van der Waals surface area contributed by atoms with Crippen LogP contribution in [0.3, 0.4) is 0 Å². The van der Waals surface area contributed by atoms with Crippen LogP contribution in [0.4, 0.5) is 0 Å². The Morgan fingerprint density at radius 2 is 2.14 bits per heavy atom.